The Hall–Kier alpha value is 1.11. The summed E-state index contributed by atoms with van der Waals surface area (Å²) in [6.07, 6.45) is 4.73. The van der Waals surface area contributed by atoms with Crippen LogP contribution in [0.15, 0.2) is 0 Å². The summed E-state index contributed by atoms with van der Waals surface area (Å²) in [5, 5.41) is 0. The summed E-state index contributed by atoms with van der Waals surface area (Å²) < 4.78 is 0. The van der Waals surface area contributed by atoms with E-state index in [1.54, 1.807) is 0 Å². The lowest BCUT2D eigenvalue weighted by Crippen LogP contribution is -1.65. The first-order valence-corrected chi connectivity index (χ1v) is 5.02. The van der Waals surface area contributed by atoms with Gasteiger partial charge in [0.1, 0.15) is 0 Å². The molecule has 0 aromatic rings. The van der Waals surface area contributed by atoms with Crippen LogP contribution in [0.2, 0.25) is 0 Å². The van der Waals surface area contributed by atoms with E-state index in [-0.39, 0.29) is 17.4 Å². The van der Waals surface area contributed by atoms with Crippen LogP contribution >= 0.6 is 23.2 Å². The molecule has 0 heterocycles. The van der Waals surface area contributed by atoms with Crippen molar-refractivity contribution in [2.24, 2.45) is 0 Å². The SMILES string of the molecule is CCCCCl.CCCCCl.[Al]. The Morgan fingerprint density at radius 2 is 1.09 bits per heavy atom. The number of rotatable bonds is 4. The Morgan fingerprint density at radius 3 is 1.09 bits per heavy atom. The minimum Gasteiger partial charge on any atom is -0.127 e. The van der Waals surface area contributed by atoms with Gasteiger partial charge in [0, 0.05) is 29.1 Å². The lowest BCUT2D eigenvalue weighted by molar-refractivity contribution is 0.892. The van der Waals surface area contributed by atoms with Crippen molar-refractivity contribution in [2.45, 2.75) is 39.5 Å². The molecule has 0 saturated heterocycles. The van der Waals surface area contributed by atoms with Gasteiger partial charge in [-0.25, -0.2) is 0 Å². The van der Waals surface area contributed by atoms with E-state index in [9.17, 15) is 0 Å². The molecule has 0 unspecified atom stereocenters. The summed E-state index contributed by atoms with van der Waals surface area (Å²) in [4.78, 5) is 0. The molecule has 0 nitrogen and oxygen atoms in total. The highest BCUT2D eigenvalue weighted by Gasteiger charge is 1.70. The van der Waals surface area contributed by atoms with Gasteiger partial charge < -0.3 is 0 Å². The van der Waals surface area contributed by atoms with E-state index in [1.807, 2.05) is 0 Å². The molecule has 0 N–H and O–H groups in total. The second-order valence-corrected chi connectivity index (χ2v) is 2.84. The molecule has 0 aliphatic heterocycles. The highest BCUT2D eigenvalue weighted by Crippen LogP contribution is 1.86. The molecule has 0 atom stereocenters. The first-order valence-electron chi connectivity index (χ1n) is 3.95. The van der Waals surface area contributed by atoms with Crippen molar-refractivity contribution in [3.8, 4) is 0 Å². The molecule has 0 rings (SSSR count). The minimum atomic E-state index is 0. The summed E-state index contributed by atoms with van der Waals surface area (Å²) >= 11 is 10.6. The number of alkyl halides is 2. The molecule has 11 heavy (non-hydrogen) atoms. The molecule has 3 heteroatoms. The van der Waals surface area contributed by atoms with Crippen molar-refractivity contribution in [2.75, 3.05) is 11.8 Å². The number of halogens is 2. The monoisotopic (exact) mass is 211 g/mol. The predicted molar refractivity (Wildman–Crippen MR) is 57.0 cm³/mol. The third kappa shape index (κ3) is 35.3. The van der Waals surface area contributed by atoms with Crippen LogP contribution in [0.1, 0.15) is 39.5 Å². The van der Waals surface area contributed by atoms with E-state index in [4.69, 9.17) is 23.2 Å². The fourth-order valence-corrected chi connectivity index (χ4v) is 0.802. The van der Waals surface area contributed by atoms with Gasteiger partial charge in [-0.2, -0.15) is 0 Å². The zero-order valence-electron chi connectivity index (χ0n) is 7.58. The summed E-state index contributed by atoms with van der Waals surface area (Å²) in [5.74, 6) is 1.63. The van der Waals surface area contributed by atoms with Gasteiger partial charge in [-0.05, 0) is 12.8 Å². The topological polar surface area (TPSA) is 0 Å². The molecule has 0 fully saturated rings. The van der Waals surface area contributed by atoms with Crippen molar-refractivity contribution < 1.29 is 0 Å². The summed E-state index contributed by atoms with van der Waals surface area (Å²) in [6.45, 7) is 4.25. The maximum atomic E-state index is 5.30. The summed E-state index contributed by atoms with van der Waals surface area (Å²) in [5.41, 5.74) is 0. The zero-order chi connectivity index (χ0) is 8.24. The van der Waals surface area contributed by atoms with Crippen LogP contribution in [-0.2, 0) is 0 Å². The van der Waals surface area contributed by atoms with E-state index in [2.05, 4.69) is 13.8 Å². The maximum Gasteiger partial charge on any atom is 0.0223 e. The average Bonchev–Trinajstić information content (AvgIpc) is 1.93. The molecule has 0 spiro atoms. The Labute approximate surface area is 91.8 Å². The first kappa shape index (κ1) is 18.0. The van der Waals surface area contributed by atoms with E-state index < -0.39 is 0 Å². The van der Waals surface area contributed by atoms with E-state index >= 15 is 0 Å². The highest BCUT2D eigenvalue weighted by molar-refractivity contribution is 6.18. The van der Waals surface area contributed by atoms with Gasteiger partial charge >= 0.3 is 0 Å². The molecule has 0 aromatic carbocycles. The second-order valence-electron chi connectivity index (χ2n) is 2.09. The van der Waals surface area contributed by atoms with Gasteiger partial charge in [-0.3, -0.25) is 0 Å². The number of unbranched alkanes of at least 4 members (excludes halogenated alkanes) is 2. The Balaban J connectivity index is -0.000000107. The molecule has 0 aliphatic carbocycles. The summed E-state index contributed by atoms with van der Waals surface area (Å²) in [6, 6.07) is 0. The van der Waals surface area contributed by atoms with Crippen molar-refractivity contribution in [1.82, 2.24) is 0 Å². The van der Waals surface area contributed by atoms with E-state index in [0.717, 1.165) is 24.6 Å². The molecule has 0 bridgehead atoms. The molecular weight excluding hydrogens is 194 g/mol. The fourth-order valence-electron chi connectivity index (χ4n) is 0.267. The smallest absolute Gasteiger partial charge is 0.0223 e. The highest BCUT2D eigenvalue weighted by atomic mass is 35.5. The molecule has 0 aromatic heterocycles. The van der Waals surface area contributed by atoms with Gasteiger partial charge in [-0.1, -0.05) is 26.7 Å². The molecule has 67 valence electrons. The first-order chi connectivity index (χ1) is 4.83. The molecule has 0 aliphatic rings. The largest absolute Gasteiger partial charge is 0.127 e. The zero-order valence-corrected chi connectivity index (χ0v) is 10.2. The van der Waals surface area contributed by atoms with Crippen LogP contribution in [-0.4, -0.2) is 29.1 Å². The van der Waals surface area contributed by atoms with Crippen LogP contribution in [0, 0.1) is 0 Å². The Morgan fingerprint density at radius 1 is 0.818 bits per heavy atom. The molecule has 0 saturated carbocycles. The van der Waals surface area contributed by atoms with Gasteiger partial charge in [0.25, 0.3) is 0 Å². The van der Waals surface area contributed by atoms with Crippen LogP contribution in [0.4, 0.5) is 0 Å². The third-order valence-corrected chi connectivity index (χ3v) is 1.51. The van der Waals surface area contributed by atoms with Crippen LogP contribution < -0.4 is 0 Å². The fraction of sp³-hybridized carbons (Fsp3) is 1.00. The quantitative estimate of drug-likeness (QED) is 0.492. The predicted octanol–water partition coefficient (Wildman–Crippen LogP) is 3.67. The van der Waals surface area contributed by atoms with Crippen LogP contribution in [0.3, 0.4) is 0 Å². The summed E-state index contributed by atoms with van der Waals surface area (Å²) in [7, 11) is 0. The van der Waals surface area contributed by atoms with Crippen LogP contribution in [0.25, 0.3) is 0 Å². The van der Waals surface area contributed by atoms with Crippen molar-refractivity contribution in [3.63, 3.8) is 0 Å². The average molecular weight is 212 g/mol. The normalized spacial score (nSPS) is 7.64. The number of hydrogen-bond acceptors (Lipinski definition) is 0. The second kappa shape index (κ2) is 22.5. The maximum absolute atomic E-state index is 5.30. The van der Waals surface area contributed by atoms with Gasteiger partial charge in [0.15, 0.2) is 0 Å². The molecule has 3 radical (unpaired) electrons. The van der Waals surface area contributed by atoms with Crippen molar-refractivity contribution in [1.29, 1.82) is 0 Å². The van der Waals surface area contributed by atoms with E-state index in [1.165, 1.54) is 12.8 Å². The lowest BCUT2D eigenvalue weighted by atomic mass is 10.4. The van der Waals surface area contributed by atoms with Gasteiger partial charge in [-0.15, -0.1) is 23.2 Å². The number of hydrogen-bond donors (Lipinski definition) is 0. The Kier molecular flexibility index (Phi) is 36.8. The Bertz CT molecular complexity index is 33.1. The third-order valence-electron chi connectivity index (χ3n) is 0.974. The van der Waals surface area contributed by atoms with Crippen molar-refractivity contribution >= 4 is 40.6 Å². The molecule has 0 amide bonds. The van der Waals surface area contributed by atoms with Gasteiger partial charge in [0.2, 0.25) is 0 Å². The van der Waals surface area contributed by atoms with E-state index in [0.29, 0.717) is 0 Å². The van der Waals surface area contributed by atoms with Gasteiger partial charge in [0.05, 0.1) is 0 Å². The minimum absolute atomic E-state index is 0. The van der Waals surface area contributed by atoms with Crippen LogP contribution in [0.5, 0.6) is 0 Å². The van der Waals surface area contributed by atoms with Crippen molar-refractivity contribution in [3.05, 3.63) is 0 Å². The standard InChI is InChI=1S/2C4H9Cl.Al/c2*1-2-3-4-5;/h2*2-4H2,1H3;. The molecular formula is C8H18AlCl2. The lowest BCUT2D eigenvalue weighted by Gasteiger charge is -1.77.